The van der Waals surface area contributed by atoms with Gasteiger partial charge >= 0.3 is 12.1 Å². The first-order valence-corrected chi connectivity index (χ1v) is 4.37. The number of nitrogens with zero attached hydrogens (tertiary/aromatic N) is 1. The third-order valence-corrected chi connectivity index (χ3v) is 1.81. The molecule has 3 nitrogen and oxygen atoms in total. The molecule has 0 fully saturated rings. The van der Waals surface area contributed by atoms with Gasteiger partial charge in [0.15, 0.2) is 0 Å². The van der Waals surface area contributed by atoms with E-state index >= 15 is 0 Å². The number of nitrogens with one attached hydrogen (secondary N) is 1. The Morgan fingerprint density at radius 2 is 2.00 bits per heavy atom. The van der Waals surface area contributed by atoms with Gasteiger partial charge in [0.1, 0.15) is 0 Å². The smallest absolute Gasteiger partial charge is 0.378 e. The predicted molar refractivity (Wildman–Crippen MR) is 54.3 cm³/mol. The fourth-order valence-electron chi connectivity index (χ4n) is 0.992. The van der Waals surface area contributed by atoms with Crippen LogP contribution >= 0.6 is 0 Å². The molecule has 0 atom stereocenters. The van der Waals surface area contributed by atoms with E-state index in [1.807, 2.05) is 0 Å². The molecule has 0 aromatic heterocycles. The Morgan fingerprint density at radius 1 is 1.38 bits per heavy atom. The van der Waals surface area contributed by atoms with Crippen LogP contribution in [0.25, 0.3) is 0 Å². The number of benzene rings is 1. The maximum atomic E-state index is 12.0. The number of anilines is 2. The molecule has 0 saturated heterocycles. The van der Waals surface area contributed by atoms with Crippen LogP contribution in [0.3, 0.4) is 0 Å². The van der Waals surface area contributed by atoms with E-state index in [1.165, 1.54) is 12.1 Å². The Morgan fingerprint density at radius 3 is 2.50 bits per heavy atom. The monoisotopic (exact) mass is 231 g/mol. The highest BCUT2D eigenvalue weighted by molar-refractivity contribution is 5.95. The van der Waals surface area contributed by atoms with Crippen molar-refractivity contribution in [1.82, 2.24) is 0 Å². The lowest BCUT2D eigenvalue weighted by Crippen LogP contribution is -2.29. The van der Waals surface area contributed by atoms with Gasteiger partial charge in [0.2, 0.25) is 0 Å². The molecule has 1 aromatic carbocycles. The fraction of sp³-hybridized carbons (Fsp3) is 0.300. The zero-order chi connectivity index (χ0) is 12.3. The minimum atomic E-state index is -4.88. The van der Waals surface area contributed by atoms with Gasteiger partial charge in [0.05, 0.1) is 0 Å². The fourth-order valence-corrected chi connectivity index (χ4v) is 0.992. The van der Waals surface area contributed by atoms with Crippen molar-refractivity contribution in [2.75, 3.05) is 24.3 Å². The molecule has 0 aliphatic rings. The van der Waals surface area contributed by atoms with E-state index in [1.54, 1.807) is 30.4 Å². The van der Waals surface area contributed by atoms with Gasteiger partial charge in [-0.15, -0.1) is 0 Å². The summed E-state index contributed by atoms with van der Waals surface area (Å²) in [6.45, 7) is 0. The maximum Gasteiger partial charge on any atom is 0.471 e. The molecule has 0 aliphatic heterocycles. The third kappa shape index (κ3) is 3.15. The number of alkyl halides is 3. The molecule has 0 unspecified atom stereocenters. The Labute approximate surface area is 90.9 Å². The largest absolute Gasteiger partial charge is 0.471 e. The van der Waals surface area contributed by atoms with Gasteiger partial charge in [-0.1, -0.05) is 0 Å². The van der Waals surface area contributed by atoms with Gasteiger partial charge in [0, 0.05) is 25.5 Å². The van der Waals surface area contributed by atoms with Crippen molar-refractivity contribution in [3.8, 4) is 0 Å². The summed E-state index contributed by atoms with van der Waals surface area (Å²) in [5.41, 5.74) is 0.716. The minimum absolute atomic E-state index is 0.0634. The van der Waals surface area contributed by atoms with Crippen LogP contribution in [-0.4, -0.2) is 26.2 Å². The van der Waals surface area contributed by atoms with Gasteiger partial charge in [-0.3, -0.25) is 4.79 Å². The normalized spacial score (nSPS) is 11.1. The lowest BCUT2D eigenvalue weighted by molar-refractivity contribution is -0.167. The van der Waals surface area contributed by atoms with Crippen LogP contribution in [0.2, 0.25) is 0 Å². The van der Waals surface area contributed by atoms with Crippen molar-refractivity contribution in [3.63, 3.8) is 0 Å². The quantitative estimate of drug-likeness (QED) is 0.844. The van der Waals surface area contributed by atoms with E-state index in [-0.39, 0.29) is 5.69 Å². The summed E-state index contributed by atoms with van der Waals surface area (Å²) in [5.74, 6) is -1.99. The average Bonchev–Trinajstić information content (AvgIpc) is 2.16. The van der Waals surface area contributed by atoms with Crippen molar-refractivity contribution in [2.24, 2.45) is 0 Å². The van der Waals surface area contributed by atoms with Gasteiger partial charge < -0.3 is 10.2 Å². The Balaban J connectivity index is 2.83. The lowest BCUT2D eigenvalue weighted by atomic mass is 10.2. The van der Waals surface area contributed by atoms with Crippen molar-refractivity contribution in [2.45, 2.75) is 6.18 Å². The molecular weight excluding hydrogens is 221 g/mol. The number of carbonyl (C=O) groups excluding carboxylic acids is 1. The van der Waals surface area contributed by atoms with E-state index in [0.717, 1.165) is 0 Å². The first-order chi connectivity index (χ1) is 7.30. The first kappa shape index (κ1) is 12.4. The molecule has 1 N–H and O–H groups in total. The summed E-state index contributed by atoms with van der Waals surface area (Å²) in [6, 6.07) is 6.95. The molecule has 0 aliphatic carbocycles. The molecule has 1 amide bonds. The molecule has 0 saturated carbocycles. The van der Waals surface area contributed by atoms with Crippen LogP contribution in [0.15, 0.2) is 18.2 Å². The summed E-state index contributed by atoms with van der Waals surface area (Å²) in [7, 11) is 3.47. The molecule has 0 spiro atoms. The molecule has 1 rings (SSSR count). The first-order valence-electron chi connectivity index (χ1n) is 4.37. The molecule has 1 aromatic rings. The van der Waals surface area contributed by atoms with Crippen LogP contribution in [0.4, 0.5) is 24.5 Å². The van der Waals surface area contributed by atoms with Crippen LogP contribution in [-0.2, 0) is 4.79 Å². The zero-order valence-corrected chi connectivity index (χ0v) is 8.72. The second kappa shape index (κ2) is 4.42. The SMILES string of the molecule is CN(C)c1c[c]cc(NC(=O)C(F)(F)F)c1. The van der Waals surface area contributed by atoms with Crippen molar-refractivity contribution in [3.05, 3.63) is 24.3 Å². The van der Waals surface area contributed by atoms with Gasteiger partial charge in [-0.2, -0.15) is 13.2 Å². The molecule has 16 heavy (non-hydrogen) atoms. The van der Waals surface area contributed by atoms with Crippen LogP contribution < -0.4 is 10.2 Å². The summed E-state index contributed by atoms with van der Waals surface area (Å²) in [6.07, 6.45) is -4.88. The maximum absolute atomic E-state index is 12.0. The summed E-state index contributed by atoms with van der Waals surface area (Å²) < 4.78 is 35.9. The number of amides is 1. The number of rotatable bonds is 2. The minimum Gasteiger partial charge on any atom is -0.378 e. The Bertz CT molecular complexity index is 388. The van der Waals surface area contributed by atoms with Crippen LogP contribution in [0.5, 0.6) is 0 Å². The zero-order valence-electron chi connectivity index (χ0n) is 8.72. The second-order valence-electron chi connectivity index (χ2n) is 3.33. The lowest BCUT2D eigenvalue weighted by Gasteiger charge is -2.14. The predicted octanol–water partition coefficient (Wildman–Crippen LogP) is 2.05. The second-order valence-corrected chi connectivity index (χ2v) is 3.33. The highest BCUT2D eigenvalue weighted by Crippen LogP contribution is 2.21. The summed E-state index contributed by atoms with van der Waals surface area (Å²) in [5, 5.41) is 1.76. The highest BCUT2D eigenvalue weighted by Gasteiger charge is 2.38. The molecule has 6 heteroatoms. The van der Waals surface area contributed by atoms with Gasteiger partial charge in [-0.25, -0.2) is 0 Å². The van der Waals surface area contributed by atoms with E-state index in [0.29, 0.717) is 5.69 Å². The number of halogens is 3. The van der Waals surface area contributed by atoms with Gasteiger partial charge in [-0.05, 0) is 24.3 Å². The molecule has 1 radical (unpaired) electrons. The van der Waals surface area contributed by atoms with Crippen molar-refractivity contribution in [1.29, 1.82) is 0 Å². The summed E-state index contributed by atoms with van der Waals surface area (Å²) in [4.78, 5) is 12.3. The Kier molecular flexibility index (Phi) is 3.41. The topological polar surface area (TPSA) is 32.3 Å². The number of hydrogen-bond acceptors (Lipinski definition) is 2. The van der Waals surface area contributed by atoms with Crippen LogP contribution in [0.1, 0.15) is 0 Å². The molecule has 87 valence electrons. The number of hydrogen-bond donors (Lipinski definition) is 1. The third-order valence-electron chi connectivity index (χ3n) is 1.81. The number of carbonyl (C=O) groups is 1. The standard InChI is InChI=1S/C10H10F3N2O/c1-15(2)8-5-3-4-7(6-8)14-9(16)10(11,12)13/h4-6H,1-2H3,(H,14,16). The molecular formula is C10H10F3N2O. The Hall–Kier alpha value is -1.72. The van der Waals surface area contributed by atoms with Crippen molar-refractivity contribution >= 4 is 17.3 Å². The molecule has 0 heterocycles. The molecule has 0 bridgehead atoms. The van der Waals surface area contributed by atoms with E-state index in [2.05, 4.69) is 6.07 Å². The van der Waals surface area contributed by atoms with Crippen molar-refractivity contribution < 1.29 is 18.0 Å². The van der Waals surface area contributed by atoms with Crippen LogP contribution in [0, 0.1) is 6.07 Å². The van der Waals surface area contributed by atoms with E-state index in [4.69, 9.17) is 0 Å². The van der Waals surface area contributed by atoms with E-state index < -0.39 is 12.1 Å². The summed E-state index contributed by atoms with van der Waals surface area (Å²) >= 11 is 0. The highest BCUT2D eigenvalue weighted by atomic mass is 19.4. The average molecular weight is 231 g/mol. The van der Waals surface area contributed by atoms with E-state index in [9.17, 15) is 18.0 Å². The van der Waals surface area contributed by atoms with Gasteiger partial charge in [0.25, 0.3) is 0 Å².